The smallest absolute Gasteiger partial charge is 0.157 e. The maximum atomic E-state index is 4.47. The molecule has 0 radical (unpaired) electrons. The van der Waals surface area contributed by atoms with Gasteiger partial charge in [0.05, 0.1) is 5.69 Å². The number of fused-ring (bicyclic) bond motifs is 1. The first-order valence-corrected chi connectivity index (χ1v) is 6.24. The minimum atomic E-state index is 0.438. The van der Waals surface area contributed by atoms with Crippen molar-refractivity contribution in [3.8, 4) is 0 Å². The van der Waals surface area contributed by atoms with Crippen LogP contribution in [0.1, 0.15) is 24.6 Å². The second-order valence-corrected chi connectivity index (χ2v) is 4.73. The number of aryl methyl sites for hydroxylation is 2. The molecule has 0 bridgehead atoms. The summed E-state index contributed by atoms with van der Waals surface area (Å²) in [6.07, 6.45) is 4.82. The van der Waals surface area contributed by atoms with Crippen LogP contribution in [-0.2, 0) is 13.6 Å². The van der Waals surface area contributed by atoms with E-state index in [2.05, 4.69) is 35.0 Å². The third kappa shape index (κ3) is 2.59. The molecule has 1 atom stereocenters. The molecule has 0 fully saturated rings. The zero-order valence-electron chi connectivity index (χ0n) is 11.3. The Hall–Kier alpha value is -1.68. The average molecular weight is 244 g/mol. The third-order valence-corrected chi connectivity index (χ3v) is 3.09. The molecule has 0 amide bonds. The molecule has 0 saturated carbocycles. The fourth-order valence-corrected chi connectivity index (χ4v) is 2.07. The number of nitrogens with zero attached hydrogens (tertiary/aromatic N) is 3. The van der Waals surface area contributed by atoms with E-state index < -0.39 is 0 Å². The van der Waals surface area contributed by atoms with Gasteiger partial charge in [0, 0.05) is 31.2 Å². The van der Waals surface area contributed by atoms with Crippen LogP contribution in [0.3, 0.4) is 0 Å². The fraction of sp³-hybridized carbons (Fsp3) is 0.429. The van der Waals surface area contributed by atoms with Gasteiger partial charge in [-0.3, -0.25) is 4.68 Å². The van der Waals surface area contributed by atoms with Crippen molar-refractivity contribution in [2.24, 2.45) is 7.05 Å². The molecule has 4 heteroatoms. The van der Waals surface area contributed by atoms with Crippen molar-refractivity contribution in [1.29, 1.82) is 0 Å². The van der Waals surface area contributed by atoms with E-state index in [4.69, 9.17) is 0 Å². The maximum Gasteiger partial charge on any atom is 0.157 e. The highest BCUT2D eigenvalue weighted by Gasteiger charge is 2.07. The molecule has 0 spiro atoms. The predicted molar refractivity (Wildman–Crippen MR) is 74.4 cm³/mol. The molecule has 0 aliphatic rings. The topological polar surface area (TPSA) is 42.7 Å². The quantitative estimate of drug-likeness (QED) is 0.821. The van der Waals surface area contributed by atoms with Crippen molar-refractivity contribution < 1.29 is 0 Å². The van der Waals surface area contributed by atoms with Gasteiger partial charge < -0.3 is 5.32 Å². The van der Waals surface area contributed by atoms with Crippen molar-refractivity contribution >= 4 is 11.0 Å². The number of pyridine rings is 1. The summed E-state index contributed by atoms with van der Waals surface area (Å²) in [5.74, 6) is 0. The van der Waals surface area contributed by atoms with Crippen LogP contribution in [0.25, 0.3) is 11.0 Å². The first kappa shape index (κ1) is 12.8. The largest absolute Gasteiger partial charge is 0.310 e. The SMILES string of the molecule is C=CCC(C)NCc1cnc2c(c1)c(C)nn2C. The van der Waals surface area contributed by atoms with Crippen LogP contribution in [0.4, 0.5) is 0 Å². The van der Waals surface area contributed by atoms with Crippen molar-refractivity contribution in [1.82, 2.24) is 20.1 Å². The molecule has 1 N–H and O–H groups in total. The van der Waals surface area contributed by atoms with Gasteiger partial charge in [-0.1, -0.05) is 6.08 Å². The highest BCUT2D eigenvalue weighted by Crippen LogP contribution is 2.16. The zero-order chi connectivity index (χ0) is 13.1. The molecular formula is C14H20N4. The molecule has 2 rings (SSSR count). The van der Waals surface area contributed by atoms with E-state index in [-0.39, 0.29) is 0 Å². The molecular weight excluding hydrogens is 224 g/mol. The van der Waals surface area contributed by atoms with Gasteiger partial charge in [-0.05, 0) is 31.9 Å². The lowest BCUT2D eigenvalue weighted by Gasteiger charge is -2.11. The normalized spacial score (nSPS) is 12.8. The summed E-state index contributed by atoms with van der Waals surface area (Å²) in [6, 6.07) is 2.60. The summed E-state index contributed by atoms with van der Waals surface area (Å²) < 4.78 is 1.82. The van der Waals surface area contributed by atoms with E-state index in [9.17, 15) is 0 Å². The lowest BCUT2D eigenvalue weighted by Crippen LogP contribution is -2.24. The van der Waals surface area contributed by atoms with Crippen LogP contribution < -0.4 is 5.32 Å². The summed E-state index contributed by atoms with van der Waals surface area (Å²) in [7, 11) is 1.92. The van der Waals surface area contributed by atoms with Crippen molar-refractivity contribution in [3.63, 3.8) is 0 Å². The summed E-state index contributed by atoms with van der Waals surface area (Å²) in [4.78, 5) is 4.47. The van der Waals surface area contributed by atoms with Gasteiger partial charge in [-0.25, -0.2) is 4.98 Å². The number of hydrogen-bond acceptors (Lipinski definition) is 3. The minimum absolute atomic E-state index is 0.438. The standard InChI is InChI=1S/C14H20N4/c1-5-6-10(2)15-8-12-7-13-11(3)17-18(4)14(13)16-9-12/h5,7,9-10,15H,1,6,8H2,2-4H3. The molecule has 0 saturated heterocycles. The van der Waals surface area contributed by atoms with Crippen LogP contribution in [-0.4, -0.2) is 20.8 Å². The van der Waals surface area contributed by atoms with Crippen LogP contribution >= 0.6 is 0 Å². The Balaban J connectivity index is 2.15. The van der Waals surface area contributed by atoms with Gasteiger partial charge in [-0.2, -0.15) is 5.10 Å². The van der Waals surface area contributed by atoms with E-state index in [0.717, 1.165) is 29.7 Å². The van der Waals surface area contributed by atoms with Gasteiger partial charge in [-0.15, -0.1) is 6.58 Å². The number of aromatic nitrogens is 3. The Labute approximate surface area is 108 Å². The molecule has 2 heterocycles. The Morgan fingerprint density at radius 3 is 3.06 bits per heavy atom. The molecule has 96 valence electrons. The molecule has 1 unspecified atom stereocenters. The van der Waals surface area contributed by atoms with Gasteiger partial charge in [0.25, 0.3) is 0 Å². The average Bonchev–Trinajstić information content (AvgIpc) is 2.63. The number of rotatable bonds is 5. The van der Waals surface area contributed by atoms with E-state index in [1.165, 1.54) is 5.56 Å². The van der Waals surface area contributed by atoms with Crippen LogP contribution in [0.15, 0.2) is 24.9 Å². The van der Waals surface area contributed by atoms with Crippen LogP contribution in [0, 0.1) is 6.92 Å². The molecule has 2 aromatic heterocycles. The fourth-order valence-electron chi connectivity index (χ4n) is 2.07. The van der Waals surface area contributed by atoms with E-state index in [1.807, 2.05) is 30.9 Å². The minimum Gasteiger partial charge on any atom is -0.310 e. The van der Waals surface area contributed by atoms with Gasteiger partial charge in [0.15, 0.2) is 5.65 Å². The Morgan fingerprint density at radius 1 is 1.56 bits per heavy atom. The Kier molecular flexibility index (Phi) is 3.77. The highest BCUT2D eigenvalue weighted by atomic mass is 15.3. The zero-order valence-corrected chi connectivity index (χ0v) is 11.3. The first-order valence-electron chi connectivity index (χ1n) is 6.24. The lowest BCUT2D eigenvalue weighted by atomic mass is 10.2. The van der Waals surface area contributed by atoms with E-state index >= 15 is 0 Å². The summed E-state index contributed by atoms with van der Waals surface area (Å²) in [5, 5.41) is 8.96. The molecule has 2 aromatic rings. The van der Waals surface area contributed by atoms with Gasteiger partial charge in [0.1, 0.15) is 0 Å². The van der Waals surface area contributed by atoms with Crippen molar-refractivity contribution in [2.45, 2.75) is 32.9 Å². The lowest BCUT2D eigenvalue weighted by molar-refractivity contribution is 0.553. The molecule has 0 aliphatic carbocycles. The van der Waals surface area contributed by atoms with E-state index in [1.54, 1.807) is 0 Å². The molecule has 4 nitrogen and oxygen atoms in total. The number of hydrogen-bond donors (Lipinski definition) is 1. The Bertz CT molecular complexity index is 556. The van der Waals surface area contributed by atoms with E-state index in [0.29, 0.717) is 6.04 Å². The number of nitrogens with one attached hydrogen (secondary N) is 1. The van der Waals surface area contributed by atoms with Crippen LogP contribution in [0.2, 0.25) is 0 Å². The second-order valence-electron chi connectivity index (χ2n) is 4.73. The Morgan fingerprint density at radius 2 is 2.33 bits per heavy atom. The molecule has 0 aliphatic heterocycles. The molecule has 0 aromatic carbocycles. The predicted octanol–water partition coefficient (Wildman–Crippen LogP) is 2.33. The summed E-state index contributed by atoms with van der Waals surface area (Å²) in [5.41, 5.74) is 3.16. The third-order valence-electron chi connectivity index (χ3n) is 3.09. The monoisotopic (exact) mass is 244 g/mol. The molecule has 18 heavy (non-hydrogen) atoms. The van der Waals surface area contributed by atoms with Crippen molar-refractivity contribution in [2.75, 3.05) is 0 Å². The van der Waals surface area contributed by atoms with Crippen molar-refractivity contribution in [3.05, 3.63) is 36.2 Å². The summed E-state index contributed by atoms with van der Waals surface area (Å²) in [6.45, 7) is 8.74. The van der Waals surface area contributed by atoms with Crippen LogP contribution in [0.5, 0.6) is 0 Å². The maximum absolute atomic E-state index is 4.47. The summed E-state index contributed by atoms with van der Waals surface area (Å²) >= 11 is 0. The first-order chi connectivity index (χ1) is 8.61. The second kappa shape index (κ2) is 5.31. The highest BCUT2D eigenvalue weighted by molar-refractivity contribution is 5.78. The van der Waals surface area contributed by atoms with Gasteiger partial charge in [0.2, 0.25) is 0 Å². The van der Waals surface area contributed by atoms with Gasteiger partial charge >= 0.3 is 0 Å².